The van der Waals surface area contributed by atoms with Crippen molar-refractivity contribution in [3.8, 4) is 0 Å². The Morgan fingerprint density at radius 3 is 2.59 bits per heavy atom. The second-order valence-corrected chi connectivity index (χ2v) is 7.43. The number of aryl methyl sites for hydroxylation is 2. The molecule has 0 aromatic heterocycles. The normalized spacial score (nSPS) is 13.9. The van der Waals surface area contributed by atoms with Crippen molar-refractivity contribution in [3.63, 3.8) is 0 Å². The number of rotatable bonds is 6. The predicted molar refractivity (Wildman–Crippen MR) is 108 cm³/mol. The minimum atomic E-state index is -0.818. The zero-order chi connectivity index (χ0) is 21.0. The third-order valence-electron chi connectivity index (χ3n) is 4.97. The summed E-state index contributed by atoms with van der Waals surface area (Å²) in [5.74, 6) is -1.26. The van der Waals surface area contributed by atoms with Gasteiger partial charge in [-0.05, 0) is 55.4 Å². The summed E-state index contributed by atoms with van der Waals surface area (Å²) in [6, 6.07) is 9.45. The number of carbonyl (C=O) groups is 2. The summed E-state index contributed by atoms with van der Waals surface area (Å²) in [7, 11) is 0. The Balaban J connectivity index is 1.55. The van der Waals surface area contributed by atoms with Crippen LogP contribution in [0.15, 0.2) is 36.4 Å². The minimum absolute atomic E-state index is 0.0344. The maximum Gasteiger partial charge on any atom is 0.340 e. The van der Waals surface area contributed by atoms with Crippen LogP contribution in [-0.4, -0.2) is 23.4 Å². The van der Waals surface area contributed by atoms with Gasteiger partial charge in [-0.15, -0.1) is 0 Å². The van der Waals surface area contributed by atoms with E-state index in [0.29, 0.717) is 0 Å². The fourth-order valence-electron chi connectivity index (χ4n) is 3.38. The molecular weight excluding hydrogens is 396 g/mol. The lowest BCUT2D eigenvalue weighted by Crippen LogP contribution is -2.31. The largest absolute Gasteiger partial charge is 0.452 e. The number of hydrogen-bond donors (Lipinski definition) is 1. The van der Waals surface area contributed by atoms with Crippen LogP contribution in [-0.2, 0) is 22.4 Å². The molecule has 8 heteroatoms. The maximum atomic E-state index is 12.2. The highest BCUT2D eigenvalue weighted by molar-refractivity contribution is 6.33. The molecule has 1 atom stereocenters. The van der Waals surface area contributed by atoms with E-state index in [9.17, 15) is 19.7 Å². The van der Waals surface area contributed by atoms with Crippen molar-refractivity contribution < 1.29 is 19.2 Å². The minimum Gasteiger partial charge on any atom is -0.452 e. The summed E-state index contributed by atoms with van der Waals surface area (Å²) in [5.41, 5.74) is 3.43. The highest BCUT2D eigenvalue weighted by atomic mass is 35.5. The fourth-order valence-corrected chi connectivity index (χ4v) is 3.63. The number of esters is 1. The molecule has 1 N–H and O–H groups in total. The van der Waals surface area contributed by atoms with Gasteiger partial charge in [0.05, 0.1) is 21.6 Å². The summed E-state index contributed by atoms with van der Waals surface area (Å²) in [6.07, 6.45) is 4.54. The van der Waals surface area contributed by atoms with Crippen molar-refractivity contribution in [2.24, 2.45) is 0 Å². The quantitative estimate of drug-likeness (QED) is 0.433. The van der Waals surface area contributed by atoms with Crippen LogP contribution < -0.4 is 5.32 Å². The van der Waals surface area contributed by atoms with Crippen molar-refractivity contribution in [2.45, 2.75) is 38.6 Å². The Morgan fingerprint density at radius 1 is 1.17 bits per heavy atom. The Bertz CT molecular complexity index is 960. The summed E-state index contributed by atoms with van der Waals surface area (Å²) >= 11 is 5.90. The van der Waals surface area contributed by atoms with Gasteiger partial charge in [0.1, 0.15) is 0 Å². The number of nitrogens with zero attached hydrogens (tertiary/aromatic N) is 1. The molecule has 0 fully saturated rings. The average Bonchev–Trinajstić information content (AvgIpc) is 2.71. The monoisotopic (exact) mass is 416 g/mol. The number of carbonyl (C=O) groups excluding carboxylic acids is 2. The van der Waals surface area contributed by atoms with E-state index >= 15 is 0 Å². The summed E-state index contributed by atoms with van der Waals surface area (Å²) < 4.78 is 4.99. The fraction of sp³-hybridized carbons (Fsp3) is 0.333. The van der Waals surface area contributed by atoms with Gasteiger partial charge in [-0.2, -0.15) is 0 Å². The number of amides is 1. The molecule has 1 aliphatic carbocycles. The number of ether oxygens (including phenoxy) is 1. The smallest absolute Gasteiger partial charge is 0.340 e. The van der Waals surface area contributed by atoms with Crippen LogP contribution in [0.4, 0.5) is 5.69 Å². The molecule has 0 unspecified atom stereocenters. The topological polar surface area (TPSA) is 98.5 Å². The molecule has 0 saturated heterocycles. The molecule has 2 aromatic carbocycles. The van der Waals surface area contributed by atoms with Crippen molar-refractivity contribution in [2.75, 3.05) is 6.61 Å². The second-order valence-electron chi connectivity index (χ2n) is 7.02. The van der Waals surface area contributed by atoms with Gasteiger partial charge in [0, 0.05) is 12.1 Å². The lowest BCUT2D eigenvalue weighted by atomic mass is 9.89. The van der Waals surface area contributed by atoms with Crippen molar-refractivity contribution >= 4 is 29.2 Å². The maximum absolute atomic E-state index is 12.2. The van der Waals surface area contributed by atoms with E-state index in [0.717, 1.165) is 30.5 Å². The van der Waals surface area contributed by atoms with Gasteiger partial charge in [-0.1, -0.05) is 29.8 Å². The van der Waals surface area contributed by atoms with Gasteiger partial charge in [-0.3, -0.25) is 14.9 Å². The van der Waals surface area contributed by atoms with Crippen LogP contribution >= 0.6 is 11.6 Å². The molecule has 0 aliphatic heterocycles. The van der Waals surface area contributed by atoms with Crippen LogP contribution in [0.5, 0.6) is 0 Å². The van der Waals surface area contributed by atoms with E-state index < -0.39 is 23.4 Å². The van der Waals surface area contributed by atoms with E-state index in [2.05, 4.69) is 17.4 Å². The van der Waals surface area contributed by atoms with Crippen LogP contribution in [0.1, 0.15) is 52.9 Å². The molecule has 0 bridgehead atoms. The van der Waals surface area contributed by atoms with Crippen molar-refractivity contribution in [1.82, 2.24) is 5.32 Å². The summed E-state index contributed by atoms with van der Waals surface area (Å²) in [6.45, 7) is 1.40. The molecule has 2 aromatic rings. The molecule has 7 nitrogen and oxygen atoms in total. The van der Waals surface area contributed by atoms with E-state index in [4.69, 9.17) is 16.3 Å². The van der Waals surface area contributed by atoms with Gasteiger partial charge in [-0.25, -0.2) is 4.79 Å². The molecule has 152 valence electrons. The number of fused-ring (bicyclic) bond motifs is 1. The lowest BCUT2D eigenvalue weighted by Gasteiger charge is -2.20. The molecule has 3 rings (SSSR count). The molecular formula is C21H21ClN2O5. The predicted octanol–water partition coefficient (Wildman–Crippen LogP) is 4.16. The average molecular weight is 417 g/mol. The van der Waals surface area contributed by atoms with E-state index in [1.807, 2.05) is 13.0 Å². The SMILES string of the molecule is C[C@H](NC(=O)COC(=O)c1ccc([N+](=O)[O-])cc1Cl)c1ccc2c(c1)CCCC2. The van der Waals surface area contributed by atoms with Gasteiger partial charge < -0.3 is 10.1 Å². The molecule has 0 heterocycles. The number of non-ortho nitro benzene ring substituents is 1. The number of nitro benzene ring substituents is 1. The Labute approximate surface area is 173 Å². The molecule has 1 amide bonds. The van der Waals surface area contributed by atoms with Gasteiger partial charge in [0.2, 0.25) is 0 Å². The van der Waals surface area contributed by atoms with Crippen LogP contribution in [0, 0.1) is 10.1 Å². The Morgan fingerprint density at radius 2 is 1.90 bits per heavy atom. The van der Waals surface area contributed by atoms with Crippen LogP contribution in [0.3, 0.4) is 0 Å². The third-order valence-corrected chi connectivity index (χ3v) is 5.28. The van der Waals surface area contributed by atoms with Gasteiger partial charge in [0.25, 0.3) is 11.6 Å². The molecule has 0 radical (unpaired) electrons. The van der Waals surface area contributed by atoms with Crippen LogP contribution in [0.2, 0.25) is 5.02 Å². The first-order valence-corrected chi connectivity index (χ1v) is 9.75. The van der Waals surface area contributed by atoms with E-state index in [-0.39, 0.29) is 22.3 Å². The first-order chi connectivity index (χ1) is 13.8. The molecule has 29 heavy (non-hydrogen) atoms. The van der Waals surface area contributed by atoms with Gasteiger partial charge in [0.15, 0.2) is 6.61 Å². The van der Waals surface area contributed by atoms with E-state index in [1.54, 1.807) is 0 Å². The number of halogens is 1. The Hall–Kier alpha value is -2.93. The number of nitro groups is 1. The lowest BCUT2D eigenvalue weighted by molar-refractivity contribution is -0.384. The number of hydrogen-bond acceptors (Lipinski definition) is 5. The standard InChI is InChI=1S/C21H21ClN2O5/c1-13(15-7-6-14-4-2-3-5-16(14)10-15)23-20(25)12-29-21(26)18-9-8-17(24(27)28)11-19(18)22/h6-11,13H,2-5,12H2,1H3,(H,23,25)/t13-/m0/s1. The zero-order valence-electron chi connectivity index (χ0n) is 15.9. The Kier molecular flexibility index (Phi) is 6.49. The zero-order valence-corrected chi connectivity index (χ0v) is 16.7. The van der Waals surface area contributed by atoms with E-state index in [1.165, 1.54) is 30.0 Å². The number of nitrogens with one attached hydrogen (secondary N) is 1. The molecule has 0 spiro atoms. The third kappa shape index (κ3) is 5.12. The summed E-state index contributed by atoms with van der Waals surface area (Å²) in [5, 5.41) is 13.4. The molecule has 1 aliphatic rings. The van der Waals surface area contributed by atoms with Crippen LogP contribution in [0.25, 0.3) is 0 Å². The highest BCUT2D eigenvalue weighted by Gasteiger charge is 2.18. The first-order valence-electron chi connectivity index (χ1n) is 9.37. The van der Waals surface area contributed by atoms with Crippen molar-refractivity contribution in [3.05, 3.63) is 73.8 Å². The van der Waals surface area contributed by atoms with Gasteiger partial charge >= 0.3 is 5.97 Å². The second kappa shape index (κ2) is 9.05. The molecule has 0 saturated carbocycles. The summed E-state index contributed by atoms with van der Waals surface area (Å²) in [4.78, 5) is 34.4. The van der Waals surface area contributed by atoms with Crippen molar-refractivity contribution in [1.29, 1.82) is 0 Å². The highest BCUT2D eigenvalue weighted by Crippen LogP contribution is 2.25. The first kappa shape index (κ1) is 20.8. The number of benzene rings is 2.